The van der Waals surface area contributed by atoms with E-state index in [1.165, 1.54) is 6.92 Å². The van der Waals surface area contributed by atoms with Crippen LogP contribution in [-0.2, 0) is 9.59 Å². The Kier molecular flexibility index (Phi) is 6.79. The highest BCUT2D eigenvalue weighted by Crippen LogP contribution is 2.16. The number of piperidine rings is 1. The summed E-state index contributed by atoms with van der Waals surface area (Å²) in [6.07, 6.45) is 4.79. The Morgan fingerprint density at radius 2 is 1.76 bits per heavy atom. The van der Waals surface area contributed by atoms with Crippen LogP contribution in [0.2, 0.25) is 0 Å². The van der Waals surface area contributed by atoms with Gasteiger partial charge in [0.1, 0.15) is 5.75 Å². The Bertz CT molecular complexity index is 900. The molecule has 6 heteroatoms. The van der Waals surface area contributed by atoms with Gasteiger partial charge in [0.2, 0.25) is 5.91 Å². The molecule has 0 saturated carbocycles. The fraction of sp³-hybridized carbons (Fsp3) is 0.261. The number of ether oxygens (including phenoxy) is 1. The van der Waals surface area contributed by atoms with Gasteiger partial charge in [0.25, 0.3) is 5.91 Å². The predicted molar refractivity (Wildman–Crippen MR) is 110 cm³/mol. The van der Waals surface area contributed by atoms with Crippen LogP contribution >= 0.6 is 0 Å². The van der Waals surface area contributed by atoms with Crippen molar-refractivity contribution in [1.82, 2.24) is 10.2 Å². The van der Waals surface area contributed by atoms with Gasteiger partial charge in [-0.25, -0.2) is 0 Å². The number of amides is 2. The standard InChI is InChI=1S/C23H24N2O4/c1-17(26)29-21-9-5-8-19(16-21)23(28)24-20-12-14-25(15-13-20)22(27)11-10-18-6-3-2-4-7-18/h2-11,16,20H,12-15H2,1H3,(H,24,28)/b11-10+. The minimum Gasteiger partial charge on any atom is -0.427 e. The third-order valence-electron chi connectivity index (χ3n) is 4.72. The average Bonchev–Trinajstić information content (AvgIpc) is 2.73. The van der Waals surface area contributed by atoms with Crippen LogP contribution in [0.4, 0.5) is 0 Å². The van der Waals surface area contributed by atoms with Gasteiger partial charge in [0.05, 0.1) is 0 Å². The van der Waals surface area contributed by atoms with Crippen LogP contribution in [0.1, 0.15) is 35.7 Å². The van der Waals surface area contributed by atoms with Crippen molar-refractivity contribution in [2.45, 2.75) is 25.8 Å². The summed E-state index contributed by atoms with van der Waals surface area (Å²) in [5, 5.41) is 3.00. The summed E-state index contributed by atoms with van der Waals surface area (Å²) >= 11 is 0. The van der Waals surface area contributed by atoms with E-state index in [-0.39, 0.29) is 17.9 Å². The van der Waals surface area contributed by atoms with Gasteiger partial charge >= 0.3 is 5.97 Å². The maximum absolute atomic E-state index is 12.5. The number of benzene rings is 2. The maximum Gasteiger partial charge on any atom is 0.308 e. The van der Waals surface area contributed by atoms with Crippen molar-refractivity contribution in [2.75, 3.05) is 13.1 Å². The number of carbonyl (C=O) groups excluding carboxylic acids is 3. The Hall–Kier alpha value is -3.41. The van der Waals surface area contributed by atoms with E-state index >= 15 is 0 Å². The largest absolute Gasteiger partial charge is 0.427 e. The zero-order chi connectivity index (χ0) is 20.6. The lowest BCUT2D eigenvalue weighted by molar-refractivity contribution is -0.132. The van der Waals surface area contributed by atoms with E-state index in [9.17, 15) is 14.4 Å². The van der Waals surface area contributed by atoms with Crippen molar-refractivity contribution in [2.24, 2.45) is 0 Å². The smallest absolute Gasteiger partial charge is 0.308 e. The molecule has 0 unspecified atom stereocenters. The van der Waals surface area contributed by atoms with Gasteiger partial charge in [-0.1, -0.05) is 36.4 Å². The monoisotopic (exact) mass is 392 g/mol. The molecule has 0 aromatic heterocycles. The van der Waals surface area contributed by atoms with E-state index in [2.05, 4.69) is 5.32 Å². The summed E-state index contributed by atoms with van der Waals surface area (Å²) in [7, 11) is 0. The molecule has 2 aromatic rings. The molecule has 1 N–H and O–H groups in total. The zero-order valence-electron chi connectivity index (χ0n) is 16.3. The van der Waals surface area contributed by atoms with Gasteiger partial charge in [-0.3, -0.25) is 14.4 Å². The third-order valence-corrected chi connectivity index (χ3v) is 4.72. The van der Waals surface area contributed by atoms with E-state index in [1.807, 2.05) is 36.4 Å². The first kappa shape index (κ1) is 20.3. The molecular formula is C23H24N2O4. The Balaban J connectivity index is 1.49. The fourth-order valence-corrected chi connectivity index (χ4v) is 3.22. The molecule has 2 amide bonds. The molecule has 0 atom stereocenters. The quantitative estimate of drug-likeness (QED) is 0.482. The number of esters is 1. The van der Waals surface area contributed by atoms with Crippen LogP contribution < -0.4 is 10.1 Å². The lowest BCUT2D eigenvalue weighted by atomic mass is 10.0. The number of nitrogens with zero attached hydrogens (tertiary/aromatic N) is 1. The number of hydrogen-bond acceptors (Lipinski definition) is 4. The molecule has 6 nitrogen and oxygen atoms in total. The van der Waals surface area contributed by atoms with Gasteiger partial charge in [-0.05, 0) is 42.7 Å². The van der Waals surface area contributed by atoms with Crippen LogP contribution in [0, 0.1) is 0 Å². The van der Waals surface area contributed by atoms with Gasteiger partial charge in [0.15, 0.2) is 0 Å². The SMILES string of the molecule is CC(=O)Oc1cccc(C(=O)NC2CCN(C(=O)/C=C/c3ccccc3)CC2)c1. The molecule has 0 aliphatic carbocycles. The maximum atomic E-state index is 12.5. The third kappa shape index (κ3) is 6.04. The first-order chi connectivity index (χ1) is 14.0. The highest BCUT2D eigenvalue weighted by atomic mass is 16.5. The molecule has 29 heavy (non-hydrogen) atoms. The summed E-state index contributed by atoms with van der Waals surface area (Å²) in [5.41, 5.74) is 1.42. The van der Waals surface area contributed by atoms with Crippen molar-refractivity contribution >= 4 is 23.9 Å². The van der Waals surface area contributed by atoms with Gasteiger partial charge in [-0.2, -0.15) is 0 Å². The van der Waals surface area contributed by atoms with Gasteiger partial charge in [0, 0.05) is 37.7 Å². The molecule has 0 bridgehead atoms. The first-order valence-electron chi connectivity index (χ1n) is 9.62. The predicted octanol–water partition coefficient (Wildman–Crippen LogP) is 3.05. The van der Waals surface area contributed by atoms with Gasteiger partial charge in [-0.15, -0.1) is 0 Å². The van der Waals surface area contributed by atoms with Crippen molar-refractivity contribution in [3.63, 3.8) is 0 Å². The lowest BCUT2D eigenvalue weighted by Crippen LogP contribution is -2.46. The minimum atomic E-state index is -0.430. The number of likely N-dealkylation sites (tertiary alicyclic amines) is 1. The Morgan fingerprint density at radius 3 is 2.45 bits per heavy atom. The lowest BCUT2D eigenvalue weighted by Gasteiger charge is -2.31. The topological polar surface area (TPSA) is 75.7 Å². The van der Waals surface area contributed by atoms with Crippen molar-refractivity contribution in [3.8, 4) is 5.75 Å². The molecule has 1 aliphatic rings. The molecule has 3 rings (SSSR count). The van der Waals surface area contributed by atoms with Crippen LogP contribution in [0.5, 0.6) is 5.75 Å². The number of nitrogens with one attached hydrogen (secondary N) is 1. The summed E-state index contributed by atoms with van der Waals surface area (Å²) in [4.78, 5) is 37.7. The zero-order valence-corrected chi connectivity index (χ0v) is 16.3. The average molecular weight is 392 g/mol. The van der Waals surface area contributed by atoms with Gasteiger partial charge < -0.3 is 15.0 Å². The Morgan fingerprint density at radius 1 is 1.03 bits per heavy atom. The summed E-state index contributed by atoms with van der Waals surface area (Å²) in [6, 6.07) is 16.2. The molecular weight excluding hydrogens is 368 g/mol. The van der Waals surface area contributed by atoms with Crippen LogP contribution in [0.25, 0.3) is 6.08 Å². The molecule has 2 aromatic carbocycles. The molecule has 1 heterocycles. The molecule has 150 valence electrons. The molecule has 1 saturated heterocycles. The highest BCUT2D eigenvalue weighted by molar-refractivity contribution is 5.95. The number of carbonyl (C=O) groups is 3. The minimum absolute atomic E-state index is 0.00188. The first-order valence-corrected chi connectivity index (χ1v) is 9.62. The van der Waals surface area contributed by atoms with Crippen molar-refractivity contribution in [3.05, 3.63) is 71.8 Å². The van der Waals surface area contributed by atoms with E-state index in [1.54, 1.807) is 35.2 Å². The number of hydrogen-bond donors (Lipinski definition) is 1. The van der Waals surface area contributed by atoms with Crippen molar-refractivity contribution in [1.29, 1.82) is 0 Å². The second-order valence-electron chi connectivity index (χ2n) is 6.94. The number of rotatable bonds is 5. The molecule has 0 spiro atoms. The molecule has 0 radical (unpaired) electrons. The van der Waals surface area contributed by atoms with E-state index in [0.717, 1.165) is 5.56 Å². The normalized spacial score (nSPS) is 14.6. The molecule has 1 fully saturated rings. The van der Waals surface area contributed by atoms with Crippen LogP contribution in [-0.4, -0.2) is 41.8 Å². The van der Waals surface area contributed by atoms with Crippen LogP contribution in [0.15, 0.2) is 60.7 Å². The fourth-order valence-electron chi connectivity index (χ4n) is 3.22. The van der Waals surface area contributed by atoms with E-state index in [0.29, 0.717) is 37.2 Å². The van der Waals surface area contributed by atoms with E-state index in [4.69, 9.17) is 4.74 Å². The van der Waals surface area contributed by atoms with E-state index < -0.39 is 5.97 Å². The highest BCUT2D eigenvalue weighted by Gasteiger charge is 2.23. The summed E-state index contributed by atoms with van der Waals surface area (Å²) in [6.45, 7) is 2.50. The Labute approximate surface area is 170 Å². The summed E-state index contributed by atoms with van der Waals surface area (Å²) < 4.78 is 5.02. The summed E-state index contributed by atoms with van der Waals surface area (Å²) in [5.74, 6) is -0.322. The second-order valence-corrected chi connectivity index (χ2v) is 6.94. The molecule has 1 aliphatic heterocycles. The van der Waals surface area contributed by atoms with Crippen LogP contribution in [0.3, 0.4) is 0 Å². The second kappa shape index (κ2) is 9.68. The van der Waals surface area contributed by atoms with Crippen molar-refractivity contribution < 1.29 is 19.1 Å².